The van der Waals surface area contributed by atoms with Gasteiger partial charge in [-0.15, -0.1) is 0 Å². The Morgan fingerprint density at radius 1 is 1.19 bits per heavy atom. The monoisotopic (exact) mass is 438 g/mol. The quantitative estimate of drug-likeness (QED) is 0.794. The molecule has 4 fully saturated rings. The minimum atomic E-state index is -0.119. The zero-order valence-electron chi connectivity index (χ0n) is 19.5. The first-order valence-corrected chi connectivity index (χ1v) is 11.9. The van der Waals surface area contributed by atoms with Crippen molar-refractivity contribution in [2.45, 2.75) is 59.2 Å². The van der Waals surface area contributed by atoms with Crippen molar-refractivity contribution in [3.05, 3.63) is 35.8 Å². The lowest BCUT2D eigenvalue weighted by Crippen LogP contribution is -2.54. The Kier molecular flexibility index (Phi) is 5.27. The highest BCUT2D eigenvalue weighted by atomic mass is 16.5. The summed E-state index contributed by atoms with van der Waals surface area (Å²) in [6.45, 7) is 10.5. The summed E-state index contributed by atoms with van der Waals surface area (Å²) in [6.07, 6.45) is 5.45. The fourth-order valence-electron chi connectivity index (χ4n) is 6.33. The summed E-state index contributed by atoms with van der Waals surface area (Å²) in [4.78, 5) is 32.5. The van der Waals surface area contributed by atoms with Crippen molar-refractivity contribution in [1.29, 1.82) is 0 Å². The van der Waals surface area contributed by atoms with Gasteiger partial charge in [0, 0.05) is 25.8 Å². The number of carbonyl (C=O) groups excluding carboxylic acids is 2. The van der Waals surface area contributed by atoms with Crippen LogP contribution in [0.15, 0.2) is 24.4 Å². The van der Waals surface area contributed by atoms with E-state index < -0.39 is 0 Å². The molecule has 2 amide bonds. The second-order valence-corrected chi connectivity index (χ2v) is 10.6. The van der Waals surface area contributed by atoms with E-state index in [4.69, 9.17) is 4.74 Å². The van der Waals surface area contributed by atoms with Gasteiger partial charge in [0.2, 0.25) is 0 Å². The first kappa shape index (κ1) is 21.4. The second-order valence-electron chi connectivity index (χ2n) is 10.6. The number of carbonyl (C=O) groups is 2. The molecule has 2 bridgehead atoms. The van der Waals surface area contributed by atoms with Gasteiger partial charge < -0.3 is 15.0 Å². The largest absolute Gasteiger partial charge is 0.372 e. The Hall–Kier alpha value is -2.41. The number of rotatable bonds is 4. The molecular formula is C25H34N4O3. The van der Waals surface area contributed by atoms with Crippen LogP contribution >= 0.6 is 0 Å². The average molecular weight is 439 g/mol. The molecule has 1 N–H and O–H groups in total. The molecule has 2 aromatic heterocycles. The van der Waals surface area contributed by atoms with Gasteiger partial charge in [0.1, 0.15) is 17.0 Å². The molecule has 3 saturated carbocycles. The van der Waals surface area contributed by atoms with Crippen LogP contribution in [0.4, 0.5) is 0 Å². The van der Waals surface area contributed by atoms with Crippen molar-refractivity contribution in [1.82, 2.24) is 19.6 Å². The molecule has 7 nitrogen and oxygen atoms in total. The number of pyridine rings is 1. The highest BCUT2D eigenvalue weighted by Crippen LogP contribution is 2.61. The molecular weight excluding hydrogens is 404 g/mol. The molecule has 0 spiro atoms. The molecule has 3 aliphatic carbocycles. The molecule has 6 rings (SSSR count). The Labute approximate surface area is 189 Å². The SMILES string of the molecule is CC1CN(C(=O)c2cn3c(C(=O)NC[C@@H]4CC[C@H]5C[C@H]4C5(C)C)cccc3n2)CC(C)O1. The summed E-state index contributed by atoms with van der Waals surface area (Å²) in [6, 6.07) is 5.45. The number of morpholine rings is 1. The van der Waals surface area contributed by atoms with Crippen LogP contribution in [0.1, 0.15) is 67.9 Å². The fourth-order valence-corrected chi connectivity index (χ4v) is 6.33. The number of ether oxygens (including phenoxy) is 1. The smallest absolute Gasteiger partial charge is 0.274 e. The van der Waals surface area contributed by atoms with Crippen LogP contribution in [-0.2, 0) is 4.74 Å². The molecule has 1 saturated heterocycles. The molecule has 2 aromatic rings. The van der Waals surface area contributed by atoms with Gasteiger partial charge in [-0.2, -0.15) is 0 Å². The van der Waals surface area contributed by atoms with E-state index in [1.807, 2.05) is 26.0 Å². The van der Waals surface area contributed by atoms with E-state index in [0.29, 0.717) is 53.9 Å². The van der Waals surface area contributed by atoms with Gasteiger partial charge in [-0.1, -0.05) is 19.9 Å². The average Bonchev–Trinajstić information content (AvgIpc) is 3.20. The third-order valence-corrected chi connectivity index (χ3v) is 8.18. The van der Waals surface area contributed by atoms with Crippen LogP contribution in [0.2, 0.25) is 0 Å². The Balaban J connectivity index is 1.31. The van der Waals surface area contributed by atoms with Crippen LogP contribution in [0.3, 0.4) is 0 Å². The maximum Gasteiger partial charge on any atom is 0.274 e. The van der Waals surface area contributed by atoms with E-state index in [0.717, 1.165) is 5.92 Å². The molecule has 172 valence electrons. The summed E-state index contributed by atoms with van der Waals surface area (Å²) in [5.41, 5.74) is 1.89. The lowest BCUT2D eigenvalue weighted by Gasteiger charge is -2.60. The van der Waals surface area contributed by atoms with Crippen LogP contribution in [-0.4, -0.2) is 57.9 Å². The highest BCUT2D eigenvalue weighted by Gasteiger charge is 2.53. The van der Waals surface area contributed by atoms with Crippen LogP contribution in [0.25, 0.3) is 5.65 Å². The maximum absolute atomic E-state index is 13.1. The van der Waals surface area contributed by atoms with Gasteiger partial charge >= 0.3 is 0 Å². The number of amides is 2. The number of hydrogen-bond acceptors (Lipinski definition) is 4. The molecule has 5 atom stereocenters. The van der Waals surface area contributed by atoms with Crippen molar-refractivity contribution in [2.24, 2.45) is 23.2 Å². The predicted octanol–water partition coefficient (Wildman–Crippen LogP) is 3.39. The first-order valence-electron chi connectivity index (χ1n) is 11.9. The van der Waals surface area contributed by atoms with Crippen molar-refractivity contribution in [3.8, 4) is 0 Å². The molecule has 3 heterocycles. The van der Waals surface area contributed by atoms with Crippen LogP contribution in [0, 0.1) is 23.2 Å². The minimum absolute atomic E-state index is 0.00298. The van der Waals surface area contributed by atoms with Crippen molar-refractivity contribution in [3.63, 3.8) is 0 Å². The van der Waals surface area contributed by atoms with E-state index in [9.17, 15) is 9.59 Å². The number of imidazole rings is 1. The lowest BCUT2D eigenvalue weighted by molar-refractivity contribution is -0.103. The van der Waals surface area contributed by atoms with E-state index in [1.165, 1.54) is 19.3 Å². The third-order valence-electron chi connectivity index (χ3n) is 8.18. The van der Waals surface area contributed by atoms with Gasteiger partial charge in [-0.05, 0) is 68.4 Å². The minimum Gasteiger partial charge on any atom is -0.372 e. The Bertz CT molecular complexity index is 1030. The second kappa shape index (κ2) is 7.87. The number of fused-ring (bicyclic) bond motifs is 3. The molecule has 0 aromatic carbocycles. The zero-order chi connectivity index (χ0) is 22.6. The number of hydrogen-bond donors (Lipinski definition) is 1. The Morgan fingerprint density at radius 3 is 2.62 bits per heavy atom. The fraction of sp³-hybridized carbons (Fsp3) is 0.640. The van der Waals surface area contributed by atoms with E-state index in [-0.39, 0.29) is 24.0 Å². The van der Waals surface area contributed by atoms with Crippen LogP contribution in [0.5, 0.6) is 0 Å². The standard InChI is InChI=1S/C25H34N4O3/c1-15-12-28(13-16(2)32-15)24(31)20-14-29-21(6-5-7-22(29)27-20)23(30)26-11-17-8-9-18-10-19(17)25(18,3)4/h5-7,14-19H,8-13H2,1-4H3,(H,26,30)/t15?,16?,17-,18-,19+/m0/s1. The van der Waals surface area contributed by atoms with Gasteiger partial charge in [-0.3, -0.25) is 14.0 Å². The predicted molar refractivity (Wildman–Crippen MR) is 122 cm³/mol. The number of aromatic nitrogens is 2. The number of nitrogens with one attached hydrogen (secondary N) is 1. The van der Waals surface area contributed by atoms with E-state index in [2.05, 4.69) is 24.1 Å². The van der Waals surface area contributed by atoms with Crippen LogP contribution < -0.4 is 5.32 Å². The summed E-state index contributed by atoms with van der Waals surface area (Å²) in [5, 5.41) is 3.17. The summed E-state index contributed by atoms with van der Waals surface area (Å²) in [5.74, 6) is 1.87. The van der Waals surface area contributed by atoms with Crippen molar-refractivity contribution in [2.75, 3.05) is 19.6 Å². The molecule has 7 heteroatoms. The van der Waals surface area contributed by atoms with Gasteiger partial charge in [0.15, 0.2) is 0 Å². The molecule has 0 radical (unpaired) electrons. The Morgan fingerprint density at radius 2 is 1.94 bits per heavy atom. The first-order chi connectivity index (χ1) is 15.2. The summed E-state index contributed by atoms with van der Waals surface area (Å²) < 4.78 is 7.48. The van der Waals surface area contributed by atoms with Gasteiger partial charge in [-0.25, -0.2) is 4.98 Å². The number of nitrogens with zero attached hydrogens (tertiary/aromatic N) is 3. The van der Waals surface area contributed by atoms with E-state index in [1.54, 1.807) is 21.6 Å². The zero-order valence-corrected chi connectivity index (χ0v) is 19.5. The molecule has 4 aliphatic rings. The molecule has 2 unspecified atom stereocenters. The van der Waals surface area contributed by atoms with Crippen molar-refractivity contribution < 1.29 is 14.3 Å². The van der Waals surface area contributed by atoms with Gasteiger partial charge in [0.25, 0.3) is 11.8 Å². The topological polar surface area (TPSA) is 75.9 Å². The lowest BCUT2D eigenvalue weighted by atomic mass is 9.45. The van der Waals surface area contributed by atoms with Gasteiger partial charge in [0.05, 0.1) is 12.2 Å². The highest BCUT2D eigenvalue weighted by molar-refractivity contribution is 5.95. The maximum atomic E-state index is 13.1. The molecule has 32 heavy (non-hydrogen) atoms. The summed E-state index contributed by atoms with van der Waals surface area (Å²) >= 11 is 0. The summed E-state index contributed by atoms with van der Waals surface area (Å²) in [7, 11) is 0. The molecule has 1 aliphatic heterocycles. The van der Waals surface area contributed by atoms with Crippen molar-refractivity contribution >= 4 is 17.5 Å². The normalized spacial score (nSPS) is 31.2. The third kappa shape index (κ3) is 3.60. The van der Waals surface area contributed by atoms with E-state index >= 15 is 0 Å².